The lowest BCUT2D eigenvalue weighted by atomic mass is 10.0. The van der Waals surface area contributed by atoms with Gasteiger partial charge in [0.15, 0.2) is 0 Å². The summed E-state index contributed by atoms with van der Waals surface area (Å²) in [5.74, 6) is -0.105. The van der Waals surface area contributed by atoms with E-state index in [1.165, 1.54) is 17.1 Å². The standard InChI is InChI=1S/C18H21F2N3O/c1-22-9-13-4-12(5-14(13)10-22)18(24)23-17(2-3-21-23)11-6-15(19)8-16(20)7-11/h3,6-8,12-14,17H,2,4-5,9-10H2,1H3. The Hall–Kier alpha value is -1.82. The average Bonchev–Trinajstić information content (AvgIpc) is 3.18. The maximum Gasteiger partial charge on any atom is 0.246 e. The van der Waals surface area contributed by atoms with Gasteiger partial charge in [-0.15, -0.1) is 0 Å². The summed E-state index contributed by atoms with van der Waals surface area (Å²) >= 11 is 0. The number of hydrazone groups is 1. The van der Waals surface area contributed by atoms with Gasteiger partial charge < -0.3 is 4.90 Å². The van der Waals surface area contributed by atoms with Crippen molar-refractivity contribution < 1.29 is 13.6 Å². The van der Waals surface area contributed by atoms with Crippen LogP contribution in [0.1, 0.15) is 30.9 Å². The van der Waals surface area contributed by atoms with Gasteiger partial charge in [-0.2, -0.15) is 5.10 Å². The number of fused-ring (bicyclic) bond motifs is 1. The number of halogens is 2. The van der Waals surface area contributed by atoms with E-state index in [9.17, 15) is 13.6 Å². The van der Waals surface area contributed by atoms with Gasteiger partial charge in [0.05, 0.1) is 6.04 Å². The molecule has 0 N–H and O–H groups in total. The van der Waals surface area contributed by atoms with Crippen LogP contribution in [0, 0.1) is 29.4 Å². The van der Waals surface area contributed by atoms with E-state index in [-0.39, 0.29) is 11.8 Å². The van der Waals surface area contributed by atoms with E-state index >= 15 is 0 Å². The molecule has 3 atom stereocenters. The summed E-state index contributed by atoms with van der Waals surface area (Å²) in [5.41, 5.74) is 0.469. The first-order valence-corrected chi connectivity index (χ1v) is 8.51. The highest BCUT2D eigenvalue weighted by atomic mass is 19.1. The SMILES string of the molecule is CN1CC2CC(C(=O)N3N=CCC3c3cc(F)cc(F)c3)CC2C1. The van der Waals surface area contributed by atoms with Crippen molar-refractivity contribution >= 4 is 12.1 Å². The van der Waals surface area contributed by atoms with Gasteiger partial charge in [0.1, 0.15) is 11.6 Å². The lowest BCUT2D eigenvalue weighted by Crippen LogP contribution is -2.33. The zero-order valence-electron chi connectivity index (χ0n) is 13.7. The molecule has 2 heterocycles. The van der Waals surface area contributed by atoms with Crippen LogP contribution in [0.5, 0.6) is 0 Å². The van der Waals surface area contributed by atoms with Gasteiger partial charge in [-0.1, -0.05) is 0 Å². The normalized spacial score (nSPS) is 32.5. The van der Waals surface area contributed by atoms with Crippen LogP contribution in [0.15, 0.2) is 23.3 Å². The van der Waals surface area contributed by atoms with Crippen LogP contribution in [0.3, 0.4) is 0 Å². The van der Waals surface area contributed by atoms with Crippen molar-refractivity contribution in [3.8, 4) is 0 Å². The number of benzene rings is 1. The number of carbonyl (C=O) groups is 1. The maximum absolute atomic E-state index is 13.5. The van der Waals surface area contributed by atoms with E-state index in [1.54, 1.807) is 6.21 Å². The Morgan fingerprint density at radius 2 is 1.75 bits per heavy atom. The summed E-state index contributed by atoms with van der Waals surface area (Å²) in [7, 11) is 2.12. The lowest BCUT2D eigenvalue weighted by Gasteiger charge is -2.25. The minimum Gasteiger partial charge on any atom is -0.306 e. The maximum atomic E-state index is 13.5. The highest BCUT2D eigenvalue weighted by molar-refractivity contribution is 5.82. The number of rotatable bonds is 2. The number of likely N-dealkylation sites (tertiary alicyclic amines) is 1. The molecule has 1 aromatic rings. The number of hydrogen-bond acceptors (Lipinski definition) is 3. The van der Waals surface area contributed by atoms with E-state index in [0.29, 0.717) is 23.8 Å². The summed E-state index contributed by atoms with van der Waals surface area (Å²) in [4.78, 5) is 15.2. The Kier molecular flexibility index (Phi) is 3.87. The third kappa shape index (κ3) is 2.73. The van der Waals surface area contributed by atoms with Crippen molar-refractivity contribution in [1.82, 2.24) is 9.91 Å². The quantitative estimate of drug-likeness (QED) is 0.834. The lowest BCUT2D eigenvalue weighted by molar-refractivity contribution is -0.137. The van der Waals surface area contributed by atoms with Crippen molar-refractivity contribution in [2.75, 3.05) is 20.1 Å². The summed E-state index contributed by atoms with van der Waals surface area (Å²) < 4.78 is 27.0. The summed E-state index contributed by atoms with van der Waals surface area (Å²) in [5, 5.41) is 5.66. The van der Waals surface area contributed by atoms with E-state index in [0.717, 1.165) is 32.0 Å². The van der Waals surface area contributed by atoms with Gasteiger partial charge in [0, 0.05) is 37.7 Å². The Morgan fingerprint density at radius 1 is 1.12 bits per heavy atom. The molecular weight excluding hydrogens is 312 g/mol. The van der Waals surface area contributed by atoms with E-state index in [2.05, 4.69) is 17.0 Å². The van der Waals surface area contributed by atoms with E-state index in [1.807, 2.05) is 0 Å². The van der Waals surface area contributed by atoms with E-state index in [4.69, 9.17) is 0 Å². The van der Waals surface area contributed by atoms with Gasteiger partial charge in [-0.3, -0.25) is 4.79 Å². The zero-order chi connectivity index (χ0) is 16.8. The predicted octanol–water partition coefficient (Wildman–Crippen LogP) is 2.81. The van der Waals surface area contributed by atoms with Gasteiger partial charge in [0.2, 0.25) is 5.91 Å². The molecular formula is C18H21F2N3O. The van der Waals surface area contributed by atoms with Crippen molar-refractivity contribution in [1.29, 1.82) is 0 Å². The fourth-order valence-electron chi connectivity index (χ4n) is 4.59. The van der Waals surface area contributed by atoms with E-state index < -0.39 is 17.7 Å². The van der Waals surface area contributed by atoms with Crippen LogP contribution in [-0.4, -0.2) is 42.2 Å². The van der Waals surface area contributed by atoms with Crippen LogP contribution in [-0.2, 0) is 4.79 Å². The van der Waals surface area contributed by atoms with Crippen LogP contribution in [0.25, 0.3) is 0 Å². The third-order valence-corrected chi connectivity index (χ3v) is 5.61. The Morgan fingerprint density at radius 3 is 2.38 bits per heavy atom. The minimum absolute atomic E-state index is 0.00419. The smallest absolute Gasteiger partial charge is 0.246 e. The largest absolute Gasteiger partial charge is 0.306 e. The van der Waals surface area contributed by atoms with Gasteiger partial charge in [-0.25, -0.2) is 13.8 Å². The van der Waals surface area contributed by atoms with Crippen LogP contribution in [0.4, 0.5) is 8.78 Å². The molecule has 128 valence electrons. The number of hydrogen-bond donors (Lipinski definition) is 0. The molecule has 2 fully saturated rings. The fourth-order valence-corrected chi connectivity index (χ4v) is 4.59. The molecule has 4 rings (SSSR count). The van der Waals surface area contributed by atoms with Crippen LogP contribution < -0.4 is 0 Å². The molecule has 0 aromatic heterocycles. The molecule has 24 heavy (non-hydrogen) atoms. The molecule has 3 aliphatic rings. The first kappa shape index (κ1) is 15.7. The van der Waals surface area contributed by atoms with Crippen molar-refractivity contribution in [2.45, 2.75) is 25.3 Å². The minimum atomic E-state index is -0.622. The molecule has 4 nitrogen and oxygen atoms in total. The second-order valence-corrected chi connectivity index (χ2v) is 7.34. The van der Waals surface area contributed by atoms with Gasteiger partial charge in [-0.05, 0) is 49.4 Å². The Balaban J connectivity index is 1.51. The molecule has 0 radical (unpaired) electrons. The summed E-state index contributed by atoms with van der Waals surface area (Å²) in [6.45, 7) is 2.10. The van der Waals surface area contributed by atoms with Crippen LogP contribution >= 0.6 is 0 Å². The van der Waals surface area contributed by atoms with Crippen molar-refractivity contribution in [2.24, 2.45) is 22.9 Å². The molecule has 6 heteroatoms. The predicted molar refractivity (Wildman–Crippen MR) is 86.3 cm³/mol. The second kappa shape index (κ2) is 5.92. The topological polar surface area (TPSA) is 35.9 Å². The highest BCUT2D eigenvalue weighted by Crippen LogP contribution is 2.43. The van der Waals surface area contributed by atoms with Crippen LogP contribution in [0.2, 0.25) is 0 Å². The fraction of sp³-hybridized carbons (Fsp3) is 0.556. The second-order valence-electron chi connectivity index (χ2n) is 7.34. The van der Waals surface area contributed by atoms with Gasteiger partial charge in [0.25, 0.3) is 0 Å². The molecule has 0 bridgehead atoms. The van der Waals surface area contributed by atoms with Crippen molar-refractivity contribution in [3.63, 3.8) is 0 Å². The van der Waals surface area contributed by atoms with Crippen molar-refractivity contribution in [3.05, 3.63) is 35.4 Å². The number of amides is 1. The molecule has 2 aliphatic heterocycles. The first-order valence-electron chi connectivity index (χ1n) is 8.51. The molecule has 1 saturated carbocycles. The molecule has 3 unspecified atom stereocenters. The highest BCUT2D eigenvalue weighted by Gasteiger charge is 2.44. The molecule has 1 amide bonds. The summed E-state index contributed by atoms with van der Waals surface area (Å²) in [6, 6.07) is 3.04. The summed E-state index contributed by atoms with van der Waals surface area (Å²) in [6.07, 6.45) is 3.94. The Bertz CT molecular complexity index is 659. The third-order valence-electron chi connectivity index (χ3n) is 5.61. The molecule has 1 aromatic carbocycles. The number of carbonyl (C=O) groups excluding carboxylic acids is 1. The molecule has 1 saturated heterocycles. The molecule has 1 aliphatic carbocycles. The zero-order valence-corrected chi connectivity index (χ0v) is 13.7. The molecule has 0 spiro atoms. The monoisotopic (exact) mass is 333 g/mol. The first-order chi connectivity index (χ1) is 11.5. The van der Waals surface area contributed by atoms with Gasteiger partial charge >= 0.3 is 0 Å². The Labute approximate surface area is 140 Å². The number of nitrogens with zero attached hydrogens (tertiary/aromatic N) is 3. The average molecular weight is 333 g/mol.